The molecular formula is C16H31N3. The van der Waals surface area contributed by atoms with Gasteiger partial charge in [0, 0.05) is 25.2 Å². The van der Waals surface area contributed by atoms with Crippen LogP contribution in [0.15, 0.2) is 0 Å². The van der Waals surface area contributed by atoms with Crippen molar-refractivity contribution in [2.24, 2.45) is 5.41 Å². The molecule has 19 heavy (non-hydrogen) atoms. The summed E-state index contributed by atoms with van der Waals surface area (Å²) in [6.07, 6.45) is 5.66. The molecule has 3 rings (SSSR count). The van der Waals surface area contributed by atoms with E-state index in [1.54, 1.807) is 0 Å². The van der Waals surface area contributed by atoms with Gasteiger partial charge in [-0.25, -0.2) is 0 Å². The fourth-order valence-corrected chi connectivity index (χ4v) is 4.25. The fourth-order valence-electron chi connectivity index (χ4n) is 4.25. The van der Waals surface area contributed by atoms with Crippen LogP contribution in [-0.4, -0.2) is 73.1 Å². The zero-order chi connectivity index (χ0) is 13.5. The standard InChI is InChI=1S/C16H31N3/c1-14(2)18-8-4-15(5-9-18)19-12-16(13-19)6-10-17(3)11-7-16/h14-15H,4-13H2,1-3H3. The Kier molecular flexibility index (Phi) is 3.89. The van der Waals surface area contributed by atoms with Gasteiger partial charge in [-0.05, 0) is 78.2 Å². The van der Waals surface area contributed by atoms with Crippen molar-refractivity contribution in [1.82, 2.24) is 14.7 Å². The normalized spacial score (nSPS) is 30.9. The second-order valence-corrected chi connectivity index (χ2v) is 7.57. The Hall–Kier alpha value is -0.120. The maximum Gasteiger partial charge on any atom is 0.0120 e. The third-order valence-corrected chi connectivity index (χ3v) is 5.87. The SMILES string of the molecule is CC(C)N1CCC(N2CC3(CCN(C)CC3)C2)CC1. The maximum atomic E-state index is 2.79. The van der Waals surface area contributed by atoms with E-state index in [9.17, 15) is 0 Å². The highest BCUT2D eigenvalue weighted by Crippen LogP contribution is 2.42. The molecule has 0 unspecified atom stereocenters. The van der Waals surface area contributed by atoms with E-state index in [1.807, 2.05) is 0 Å². The van der Waals surface area contributed by atoms with Gasteiger partial charge in [0.1, 0.15) is 0 Å². The summed E-state index contributed by atoms with van der Waals surface area (Å²) in [6.45, 7) is 12.7. The minimum absolute atomic E-state index is 0.710. The molecule has 0 bridgehead atoms. The predicted octanol–water partition coefficient (Wildman–Crippen LogP) is 1.89. The molecular weight excluding hydrogens is 234 g/mol. The van der Waals surface area contributed by atoms with Crippen molar-refractivity contribution >= 4 is 0 Å². The second-order valence-electron chi connectivity index (χ2n) is 7.57. The van der Waals surface area contributed by atoms with E-state index >= 15 is 0 Å². The Morgan fingerprint density at radius 1 is 0.947 bits per heavy atom. The average Bonchev–Trinajstić information content (AvgIpc) is 2.37. The second kappa shape index (κ2) is 5.34. The molecule has 0 aliphatic carbocycles. The van der Waals surface area contributed by atoms with Crippen molar-refractivity contribution in [2.45, 2.75) is 51.6 Å². The van der Waals surface area contributed by atoms with E-state index in [1.165, 1.54) is 65.0 Å². The minimum atomic E-state index is 0.710. The molecule has 0 aromatic heterocycles. The number of rotatable bonds is 2. The van der Waals surface area contributed by atoms with Crippen LogP contribution in [0.1, 0.15) is 39.5 Å². The van der Waals surface area contributed by atoms with Gasteiger partial charge in [0.25, 0.3) is 0 Å². The van der Waals surface area contributed by atoms with Gasteiger partial charge in [0.15, 0.2) is 0 Å². The topological polar surface area (TPSA) is 9.72 Å². The molecule has 3 fully saturated rings. The van der Waals surface area contributed by atoms with Crippen molar-refractivity contribution in [3.05, 3.63) is 0 Å². The summed E-state index contributed by atoms with van der Waals surface area (Å²) in [7, 11) is 2.27. The van der Waals surface area contributed by atoms with Gasteiger partial charge in [-0.3, -0.25) is 4.90 Å². The van der Waals surface area contributed by atoms with Crippen molar-refractivity contribution in [2.75, 3.05) is 46.3 Å². The molecule has 3 heterocycles. The van der Waals surface area contributed by atoms with Crippen LogP contribution in [0.3, 0.4) is 0 Å². The highest BCUT2D eigenvalue weighted by Gasteiger charge is 2.46. The molecule has 3 aliphatic rings. The monoisotopic (exact) mass is 265 g/mol. The summed E-state index contributed by atoms with van der Waals surface area (Å²) < 4.78 is 0. The van der Waals surface area contributed by atoms with E-state index in [0.29, 0.717) is 5.41 Å². The van der Waals surface area contributed by atoms with Gasteiger partial charge in [-0.15, -0.1) is 0 Å². The van der Waals surface area contributed by atoms with Gasteiger partial charge >= 0.3 is 0 Å². The first-order valence-electron chi connectivity index (χ1n) is 8.25. The van der Waals surface area contributed by atoms with E-state index in [-0.39, 0.29) is 0 Å². The lowest BCUT2D eigenvalue weighted by Gasteiger charge is -2.57. The third kappa shape index (κ3) is 2.84. The molecule has 3 aliphatic heterocycles. The molecule has 3 nitrogen and oxygen atoms in total. The van der Waals surface area contributed by atoms with E-state index in [4.69, 9.17) is 0 Å². The molecule has 1 spiro atoms. The van der Waals surface area contributed by atoms with Crippen LogP contribution < -0.4 is 0 Å². The number of piperidine rings is 2. The Morgan fingerprint density at radius 2 is 1.53 bits per heavy atom. The number of hydrogen-bond donors (Lipinski definition) is 0. The highest BCUT2D eigenvalue weighted by molar-refractivity contribution is 5.00. The Labute approximate surface area is 118 Å². The average molecular weight is 265 g/mol. The van der Waals surface area contributed by atoms with Crippen LogP contribution >= 0.6 is 0 Å². The zero-order valence-corrected chi connectivity index (χ0v) is 13.1. The van der Waals surface area contributed by atoms with Crippen LogP contribution in [0, 0.1) is 5.41 Å². The van der Waals surface area contributed by atoms with Crippen LogP contribution in [0.5, 0.6) is 0 Å². The van der Waals surface area contributed by atoms with Crippen molar-refractivity contribution < 1.29 is 0 Å². The molecule has 0 amide bonds. The predicted molar refractivity (Wildman–Crippen MR) is 80.5 cm³/mol. The summed E-state index contributed by atoms with van der Waals surface area (Å²) in [6, 6.07) is 1.62. The summed E-state index contributed by atoms with van der Waals surface area (Å²) in [5.74, 6) is 0. The van der Waals surface area contributed by atoms with Gasteiger partial charge in [-0.1, -0.05) is 0 Å². The van der Waals surface area contributed by atoms with E-state index in [0.717, 1.165) is 12.1 Å². The van der Waals surface area contributed by atoms with Crippen molar-refractivity contribution in [3.8, 4) is 0 Å². The first kappa shape index (κ1) is 13.8. The highest BCUT2D eigenvalue weighted by atomic mass is 15.3. The first-order chi connectivity index (χ1) is 9.08. The van der Waals surface area contributed by atoms with Gasteiger partial charge < -0.3 is 9.80 Å². The summed E-state index contributed by atoms with van der Waals surface area (Å²) in [5, 5.41) is 0. The largest absolute Gasteiger partial charge is 0.306 e. The van der Waals surface area contributed by atoms with Crippen molar-refractivity contribution in [1.29, 1.82) is 0 Å². The molecule has 0 atom stereocenters. The molecule has 0 N–H and O–H groups in total. The zero-order valence-electron chi connectivity index (χ0n) is 13.1. The summed E-state index contributed by atoms with van der Waals surface area (Å²) in [4.78, 5) is 7.93. The van der Waals surface area contributed by atoms with Gasteiger partial charge in [0.2, 0.25) is 0 Å². The van der Waals surface area contributed by atoms with Gasteiger partial charge in [-0.2, -0.15) is 0 Å². The lowest BCUT2D eigenvalue weighted by Crippen LogP contribution is -2.64. The summed E-state index contributed by atoms with van der Waals surface area (Å²) in [5.41, 5.74) is 0.710. The number of nitrogens with zero attached hydrogens (tertiary/aromatic N) is 3. The van der Waals surface area contributed by atoms with E-state index < -0.39 is 0 Å². The fraction of sp³-hybridized carbons (Fsp3) is 1.00. The molecule has 3 saturated heterocycles. The van der Waals surface area contributed by atoms with Crippen LogP contribution in [0.4, 0.5) is 0 Å². The smallest absolute Gasteiger partial charge is 0.0120 e. The summed E-state index contributed by atoms with van der Waals surface area (Å²) >= 11 is 0. The molecule has 0 radical (unpaired) electrons. The van der Waals surface area contributed by atoms with Crippen molar-refractivity contribution in [3.63, 3.8) is 0 Å². The van der Waals surface area contributed by atoms with Crippen LogP contribution in [-0.2, 0) is 0 Å². The Balaban J connectivity index is 1.44. The quantitative estimate of drug-likeness (QED) is 0.755. The number of likely N-dealkylation sites (tertiary alicyclic amines) is 3. The lowest BCUT2D eigenvalue weighted by molar-refractivity contribution is -0.0786. The maximum absolute atomic E-state index is 2.79. The molecule has 110 valence electrons. The lowest BCUT2D eigenvalue weighted by atomic mass is 9.71. The van der Waals surface area contributed by atoms with E-state index in [2.05, 4.69) is 35.6 Å². The number of hydrogen-bond acceptors (Lipinski definition) is 3. The molecule has 3 heteroatoms. The molecule has 0 aromatic carbocycles. The minimum Gasteiger partial charge on any atom is -0.306 e. The van der Waals surface area contributed by atoms with Crippen LogP contribution in [0.25, 0.3) is 0 Å². The third-order valence-electron chi connectivity index (χ3n) is 5.87. The Morgan fingerprint density at radius 3 is 2.05 bits per heavy atom. The van der Waals surface area contributed by atoms with Gasteiger partial charge in [0.05, 0.1) is 0 Å². The molecule has 0 saturated carbocycles. The Bertz CT molecular complexity index is 291. The first-order valence-corrected chi connectivity index (χ1v) is 8.25. The van der Waals surface area contributed by atoms with Crippen LogP contribution in [0.2, 0.25) is 0 Å². The molecule has 0 aromatic rings.